The molecule has 0 saturated carbocycles. The van der Waals surface area contributed by atoms with E-state index in [4.69, 9.17) is 9.68 Å². The maximum Gasteiger partial charge on any atom is 0.365 e. The number of nitrogens with zero attached hydrogens (tertiary/aromatic N) is 2. The number of fused-ring (bicyclic) bond motifs is 3. The second kappa shape index (κ2) is 15.0. The second-order valence-corrected chi connectivity index (χ2v) is 11.9. The maximum absolute atomic E-state index is 12.6. The van der Waals surface area contributed by atoms with E-state index in [1.54, 1.807) is 48.5 Å². The fourth-order valence-corrected chi connectivity index (χ4v) is 6.35. The highest BCUT2D eigenvalue weighted by molar-refractivity contribution is 6.03. The Hall–Kier alpha value is -4.84. The molecule has 6 heteroatoms. The monoisotopic (exact) mass is 614 g/mol. The predicted octanol–water partition coefficient (Wildman–Crippen LogP) is 9.89. The van der Waals surface area contributed by atoms with Gasteiger partial charge in [0.1, 0.15) is 0 Å². The van der Waals surface area contributed by atoms with Crippen molar-refractivity contribution < 1.29 is 19.3 Å². The highest BCUT2D eigenvalue weighted by Gasteiger charge is 2.42. The van der Waals surface area contributed by atoms with Crippen LogP contribution in [0.1, 0.15) is 116 Å². The zero-order valence-electron chi connectivity index (χ0n) is 27.2. The van der Waals surface area contributed by atoms with Crippen molar-refractivity contribution in [3.8, 4) is 11.1 Å². The van der Waals surface area contributed by atoms with Crippen LogP contribution < -0.4 is 0 Å². The smallest absolute Gasteiger partial charge is 0.313 e. The van der Waals surface area contributed by atoms with E-state index in [1.165, 1.54) is 22.3 Å². The van der Waals surface area contributed by atoms with Crippen molar-refractivity contribution in [1.29, 1.82) is 0 Å². The van der Waals surface area contributed by atoms with Crippen molar-refractivity contribution in [2.75, 3.05) is 0 Å². The first kappa shape index (κ1) is 32.6. The lowest BCUT2D eigenvalue weighted by molar-refractivity contribution is 0.0507. The van der Waals surface area contributed by atoms with Crippen LogP contribution in [0.4, 0.5) is 0 Å². The van der Waals surface area contributed by atoms with Gasteiger partial charge in [-0.2, -0.15) is 0 Å². The van der Waals surface area contributed by atoms with Gasteiger partial charge in [0.05, 0.1) is 22.6 Å². The van der Waals surface area contributed by atoms with Crippen molar-refractivity contribution >= 4 is 23.4 Å². The Morgan fingerprint density at radius 2 is 1.09 bits per heavy atom. The number of carbonyl (C=O) groups is 2. The summed E-state index contributed by atoms with van der Waals surface area (Å²) >= 11 is 0. The molecule has 0 aliphatic heterocycles. The van der Waals surface area contributed by atoms with E-state index >= 15 is 0 Å². The third-order valence-electron chi connectivity index (χ3n) is 8.88. The molecule has 0 heterocycles. The second-order valence-electron chi connectivity index (χ2n) is 11.9. The fraction of sp³-hybridized carbons (Fsp3) is 0.300. The quantitative estimate of drug-likeness (QED) is 0.0853. The number of rotatable bonds is 13. The number of hydrogen-bond acceptors (Lipinski definition) is 6. The van der Waals surface area contributed by atoms with E-state index in [-0.39, 0.29) is 5.41 Å². The molecule has 46 heavy (non-hydrogen) atoms. The highest BCUT2D eigenvalue weighted by atomic mass is 16.7. The molecule has 0 spiro atoms. The molecule has 0 radical (unpaired) electrons. The van der Waals surface area contributed by atoms with Crippen LogP contribution in [0, 0.1) is 0 Å². The highest BCUT2D eigenvalue weighted by Crippen LogP contribution is 2.54. The molecule has 0 aromatic heterocycles. The average molecular weight is 615 g/mol. The van der Waals surface area contributed by atoms with Gasteiger partial charge in [-0.25, -0.2) is 9.59 Å². The van der Waals surface area contributed by atoms with Gasteiger partial charge in [-0.3, -0.25) is 0 Å². The van der Waals surface area contributed by atoms with Crippen LogP contribution in [0.15, 0.2) is 107 Å². The molecular formula is C40H42N2O4. The van der Waals surface area contributed by atoms with Crippen LogP contribution in [-0.4, -0.2) is 23.4 Å². The third kappa shape index (κ3) is 6.86. The van der Waals surface area contributed by atoms with Gasteiger partial charge >= 0.3 is 11.9 Å². The summed E-state index contributed by atoms with van der Waals surface area (Å²) in [4.78, 5) is 35.9. The molecule has 0 amide bonds. The summed E-state index contributed by atoms with van der Waals surface area (Å²) in [5.74, 6) is -0.955. The molecule has 4 aromatic carbocycles. The summed E-state index contributed by atoms with van der Waals surface area (Å²) < 4.78 is 0. The Kier molecular flexibility index (Phi) is 10.6. The van der Waals surface area contributed by atoms with Crippen LogP contribution in [0.2, 0.25) is 0 Å². The Bertz CT molecular complexity index is 1730. The Labute approximate surface area is 272 Å². The summed E-state index contributed by atoms with van der Waals surface area (Å²) in [6, 6.07) is 30.8. The molecule has 0 fully saturated rings. The van der Waals surface area contributed by atoms with Gasteiger partial charge in [0.25, 0.3) is 0 Å². The zero-order valence-corrected chi connectivity index (χ0v) is 27.2. The average Bonchev–Trinajstić information content (AvgIpc) is 3.37. The lowest BCUT2D eigenvalue weighted by atomic mass is 9.70. The van der Waals surface area contributed by atoms with Crippen molar-refractivity contribution in [1.82, 2.24) is 0 Å². The van der Waals surface area contributed by atoms with Crippen LogP contribution in [0.5, 0.6) is 0 Å². The summed E-state index contributed by atoms with van der Waals surface area (Å²) in [5, 5.41) is 8.57. The van der Waals surface area contributed by atoms with E-state index in [0.717, 1.165) is 55.4 Å². The molecule has 1 aliphatic carbocycles. The molecule has 0 atom stereocenters. The van der Waals surface area contributed by atoms with Crippen LogP contribution in [-0.2, 0) is 15.1 Å². The van der Waals surface area contributed by atoms with E-state index < -0.39 is 11.9 Å². The van der Waals surface area contributed by atoms with Gasteiger partial charge in [0.2, 0.25) is 0 Å². The van der Waals surface area contributed by atoms with Gasteiger partial charge in [-0.15, -0.1) is 0 Å². The summed E-state index contributed by atoms with van der Waals surface area (Å²) in [6.07, 6.45) is 6.99. The van der Waals surface area contributed by atoms with Crippen molar-refractivity contribution in [3.63, 3.8) is 0 Å². The molecule has 5 rings (SSSR count). The van der Waals surface area contributed by atoms with E-state index in [1.807, 2.05) is 26.0 Å². The summed E-state index contributed by atoms with van der Waals surface area (Å²) in [7, 11) is 0. The first-order valence-electron chi connectivity index (χ1n) is 16.4. The Morgan fingerprint density at radius 3 is 1.59 bits per heavy atom. The number of oxime groups is 2. The molecule has 6 nitrogen and oxygen atoms in total. The fourth-order valence-electron chi connectivity index (χ4n) is 6.35. The third-order valence-corrected chi connectivity index (χ3v) is 8.88. The Morgan fingerprint density at radius 1 is 0.609 bits per heavy atom. The van der Waals surface area contributed by atoms with Crippen molar-refractivity contribution in [2.24, 2.45) is 10.3 Å². The van der Waals surface area contributed by atoms with Crippen LogP contribution in [0.25, 0.3) is 11.1 Å². The predicted molar refractivity (Wildman–Crippen MR) is 184 cm³/mol. The number of unbranched alkanes of at least 4 members (excludes halogenated alkanes) is 2. The molecule has 0 unspecified atom stereocenters. The minimum atomic E-state index is -0.482. The minimum Gasteiger partial charge on any atom is -0.313 e. The number of hydrogen-bond donors (Lipinski definition) is 0. The molecule has 0 N–H and O–H groups in total. The lowest BCUT2D eigenvalue weighted by Crippen LogP contribution is -2.26. The van der Waals surface area contributed by atoms with Crippen LogP contribution >= 0.6 is 0 Å². The summed E-state index contributed by atoms with van der Waals surface area (Å²) in [5.41, 5.74) is 9.01. The largest absolute Gasteiger partial charge is 0.365 e. The maximum atomic E-state index is 12.6. The zero-order chi connectivity index (χ0) is 32.5. The first-order valence-corrected chi connectivity index (χ1v) is 16.4. The van der Waals surface area contributed by atoms with Crippen LogP contribution in [0.3, 0.4) is 0 Å². The molecule has 4 aromatic rings. The van der Waals surface area contributed by atoms with Gasteiger partial charge in [-0.1, -0.05) is 117 Å². The van der Waals surface area contributed by atoms with E-state index in [0.29, 0.717) is 23.3 Å². The Balaban J connectivity index is 1.52. The molecule has 0 saturated heterocycles. The van der Waals surface area contributed by atoms with Crippen molar-refractivity contribution in [2.45, 2.75) is 78.1 Å². The molecular weight excluding hydrogens is 572 g/mol. The standard InChI is InChI=1S/C40H42N2O4/c1-5-8-24-40(25-9-6-2)35-26-31(28(4)41-45-38(43)29-16-12-10-13-17-29)20-22-33(35)34-23-21-32(27-36(34)40)37(7-3)42-46-39(44)30-18-14-11-15-19-30/h10-23,26-27H,5-9,24-25H2,1-4H3/b41-28+,42-37+. The summed E-state index contributed by atoms with van der Waals surface area (Å²) in [6.45, 7) is 8.37. The molecule has 236 valence electrons. The lowest BCUT2D eigenvalue weighted by Gasteiger charge is -2.33. The molecule has 1 aliphatic rings. The topological polar surface area (TPSA) is 77.3 Å². The molecule has 0 bridgehead atoms. The van der Waals surface area contributed by atoms with Gasteiger partial charge in [0, 0.05) is 5.41 Å². The normalized spacial score (nSPS) is 13.6. The number of carbonyl (C=O) groups excluding carboxylic acids is 2. The first-order chi connectivity index (χ1) is 22.4. The SMILES string of the molecule is CCCCC1(CCCC)c2cc(/C(C)=N/OC(=O)c3ccccc3)ccc2-c2ccc(/C(CC)=N/OC(=O)c3ccccc3)cc21. The van der Waals surface area contributed by atoms with Gasteiger partial charge in [-0.05, 0) is 96.0 Å². The number of benzene rings is 4. The minimum absolute atomic E-state index is 0.191. The van der Waals surface area contributed by atoms with Gasteiger partial charge < -0.3 is 9.68 Å². The van der Waals surface area contributed by atoms with Crippen molar-refractivity contribution in [3.05, 3.63) is 130 Å². The van der Waals surface area contributed by atoms with E-state index in [9.17, 15) is 9.59 Å². The van der Waals surface area contributed by atoms with Gasteiger partial charge in [0.15, 0.2) is 0 Å². The van der Waals surface area contributed by atoms with E-state index in [2.05, 4.69) is 60.6 Å².